The first-order valence-electron chi connectivity index (χ1n) is 8.53. The molecule has 2 heterocycles. The SMILES string of the molecule is CC12CCC(c3c1n1ccc(=O)cc1c1ccccc31)C2(C)C. The van der Waals surface area contributed by atoms with Gasteiger partial charge in [0.25, 0.3) is 0 Å². The first-order valence-corrected chi connectivity index (χ1v) is 8.53. The van der Waals surface area contributed by atoms with E-state index in [9.17, 15) is 4.79 Å². The van der Waals surface area contributed by atoms with E-state index in [1.807, 2.05) is 6.20 Å². The predicted molar refractivity (Wildman–Crippen MR) is 94.3 cm³/mol. The van der Waals surface area contributed by atoms with E-state index in [4.69, 9.17) is 0 Å². The smallest absolute Gasteiger partial charge is 0.182 e. The van der Waals surface area contributed by atoms with E-state index in [1.54, 1.807) is 12.1 Å². The van der Waals surface area contributed by atoms with Crippen molar-refractivity contribution in [1.82, 2.24) is 4.40 Å². The van der Waals surface area contributed by atoms with E-state index in [-0.39, 0.29) is 16.3 Å². The van der Waals surface area contributed by atoms with Crippen LogP contribution in [0.25, 0.3) is 16.3 Å². The highest BCUT2D eigenvalue weighted by atomic mass is 16.1. The van der Waals surface area contributed by atoms with Crippen molar-refractivity contribution in [3.63, 3.8) is 0 Å². The molecule has 2 heteroatoms. The van der Waals surface area contributed by atoms with Crippen molar-refractivity contribution in [3.05, 3.63) is 64.1 Å². The van der Waals surface area contributed by atoms with Crippen molar-refractivity contribution in [1.29, 1.82) is 0 Å². The fourth-order valence-corrected chi connectivity index (χ4v) is 5.43. The highest BCUT2D eigenvalue weighted by molar-refractivity contribution is 5.99. The molecular weight excluding hydrogens is 282 g/mol. The van der Waals surface area contributed by atoms with Crippen LogP contribution in [0.15, 0.2) is 47.4 Å². The van der Waals surface area contributed by atoms with Crippen molar-refractivity contribution in [3.8, 4) is 0 Å². The van der Waals surface area contributed by atoms with Gasteiger partial charge < -0.3 is 4.40 Å². The number of aromatic nitrogens is 1. The van der Waals surface area contributed by atoms with Gasteiger partial charge in [-0.3, -0.25) is 4.79 Å². The third-order valence-electron chi connectivity index (χ3n) is 7.01. The summed E-state index contributed by atoms with van der Waals surface area (Å²) in [5.74, 6) is 0.608. The Kier molecular flexibility index (Phi) is 2.25. The molecule has 1 fully saturated rings. The molecule has 2 bridgehead atoms. The second-order valence-electron chi connectivity index (χ2n) is 8.07. The Balaban J connectivity index is 2.10. The number of hydrogen-bond acceptors (Lipinski definition) is 1. The van der Waals surface area contributed by atoms with Gasteiger partial charge in [-0.05, 0) is 35.1 Å². The summed E-state index contributed by atoms with van der Waals surface area (Å²) in [5, 5.41) is 2.55. The molecule has 0 aliphatic heterocycles. The van der Waals surface area contributed by atoms with Crippen LogP contribution in [0, 0.1) is 5.41 Å². The topological polar surface area (TPSA) is 21.5 Å². The molecule has 2 aliphatic carbocycles. The van der Waals surface area contributed by atoms with Gasteiger partial charge in [-0.25, -0.2) is 0 Å². The number of hydrogen-bond donors (Lipinski definition) is 0. The molecule has 2 aromatic heterocycles. The molecule has 0 saturated heterocycles. The van der Waals surface area contributed by atoms with Gasteiger partial charge in [-0.15, -0.1) is 0 Å². The Labute approximate surface area is 135 Å². The third-order valence-corrected chi connectivity index (χ3v) is 7.01. The largest absolute Gasteiger partial charge is 0.319 e. The molecule has 116 valence electrons. The lowest BCUT2D eigenvalue weighted by Gasteiger charge is -2.35. The van der Waals surface area contributed by atoms with Crippen LogP contribution in [-0.2, 0) is 5.41 Å². The van der Waals surface area contributed by atoms with E-state index in [0.717, 1.165) is 5.52 Å². The fraction of sp³-hybridized carbons (Fsp3) is 0.381. The zero-order valence-electron chi connectivity index (χ0n) is 13.9. The van der Waals surface area contributed by atoms with Crippen molar-refractivity contribution >= 4 is 16.3 Å². The Bertz CT molecular complexity index is 1040. The zero-order chi connectivity index (χ0) is 16.0. The average Bonchev–Trinajstić information content (AvgIpc) is 2.87. The zero-order valence-corrected chi connectivity index (χ0v) is 13.9. The van der Waals surface area contributed by atoms with E-state index < -0.39 is 0 Å². The molecule has 0 N–H and O–H groups in total. The van der Waals surface area contributed by atoms with Crippen molar-refractivity contribution < 1.29 is 0 Å². The van der Waals surface area contributed by atoms with Crippen LogP contribution < -0.4 is 5.43 Å². The molecule has 2 nitrogen and oxygen atoms in total. The molecule has 1 aromatic carbocycles. The molecule has 2 aliphatic rings. The van der Waals surface area contributed by atoms with Gasteiger partial charge in [0.1, 0.15) is 0 Å². The van der Waals surface area contributed by atoms with Crippen LogP contribution in [0.2, 0.25) is 0 Å². The Morgan fingerprint density at radius 2 is 1.83 bits per heavy atom. The maximum atomic E-state index is 12.0. The van der Waals surface area contributed by atoms with Crippen LogP contribution in [0.1, 0.15) is 50.8 Å². The summed E-state index contributed by atoms with van der Waals surface area (Å²) >= 11 is 0. The van der Waals surface area contributed by atoms with Crippen molar-refractivity contribution in [2.24, 2.45) is 5.41 Å². The van der Waals surface area contributed by atoms with Gasteiger partial charge in [-0.2, -0.15) is 0 Å². The maximum Gasteiger partial charge on any atom is 0.182 e. The van der Waals surface area contributed by atoms with E-state index in [0.29, 0.717) is 5.92 Å². The molecule has 23 heavy (non-hydrogen) atoms. The normalized spacial score (nSPS) is 27.7. The first-order chi connectivity index (χ1) is 10.9. The molecule has 0 spiro atoms. The van der Waals surface area contributed by atoms with Gasteiger partial charge in [0.15, 0.2) is 5.43 Å². The summed E-state index contributed by atoms with van der Waals surface area (Å²) in [6, 6.07) is 12.1. The minimum atomic E-state index is 0.0858. The summed E-state index contributed by atoms with van der Waals surface area (Å²) in [6.07, 6.45) is 4.49. The van der Waals surface area contributed by atoms with Gasteiger partial charge in [0, 0.05) is 34.8 Å². The molecule has 2 atom stereocenters. The molecular formula is C21H21NO. The number of rotatable bonds is 0. The highest BCUT2D eigenvalue weighted by Gasteiger charge is 2.60. The first kappa shape index (κ1) is 13.4. The second kappa shape index (κ2) is 3.87. The maximum absolute atomic E-state index is 12.0. The minimum absolute atomic E-state index is 0.0858. The van der Waals surface area contributed by atoms with Crippen LogP contribution in [0.4, 0.5) is 0 Å². The second-order valence-corrected chi connectivity index (χ2v) is 8.07. The summed E-state index contributed by atoms with van der Waals surface area (Å²) in [5.41, 5.74) is 4.53. The average molecular weight is 303 g/mol. The van der Waals surface area contributed by atoms with Crippen LogP contribution in [-0.4, -0.2) is 4.40 Å². The molecule has 0 radical (unpaired) electrons. The van der Waals surface area contributed by atoms with Gasteiger partial charge in [-0.1, -0.05) is 45.0 Å². The molecule has 0 amide bonds. The standard InChI is InChI=1S/C21H21NO/c1-20(2)16-8-10-21(20,3)19-18(16)15-7-5-4-6-14(15)17-12-13(23)9-11-22(17)19/h4-7,9,11-12,16H,8,10H2,1-3H3. The quantitative estimate of drug-likeness (QED) is 0.555. The van der Waals surface area contributed by atoms with E-state index >= 15 is 0 Å². The highest BCUT2D eigenvalue weighted by Crippen LogP contribution is 2.68. The Morgan fingerprint density at radius 3 is 2.61 bits per heavy atom. The lowest BCUT2D eigenvalue weighted by atomic mass is 9.70. The molecule has 3 aromatic rings. The van der Waals surface area contributed by atoms with Crippen LogP contribution >= 0.6 is 0 Å². The fourth-order valence-electron chi connectivity index (χ4n) is 5.43. The van der Waals surface area contributed by atoms with E-state index in [1.165, 1.54) is 34.9 Å². The van der Waals surface area contributed by atoms with Crippen molar-refractivity contribution in [2.75, 3.05) is 0 Å². The molecule has 1 saturated carbocycles. The van der Waals surface area contributed by atoms with Crippen LogP contribution in [0.5, 0.6) is 0 Å². The monoisotopic (exact) mass is 303 g/mol. The van der Waals surface area contributed by atoms with Gasteiger partial charge in [0.05, 0.1) is 5.52 Å². The summed E-state index contributed by atoms with van der Waals surface area (Å²) in [7, 11) is 0. The Hall–Kier alpha value is -2.09. The van der Waals surface area contributed by atoms with Gasteiger partial charge >= 0.3 is 0 Å². The Morgan fingerprint density at radius 1 is 1.09 bits per heavy atom. The molecule has 5 rings (SSSR count). The lowest BCUT2D eigenvalue weighted by molar-refractivity contribution is 0.226. The third kappa shape index (κ3) is 1.34. The van der Waals surface area contributed by atoms with Gasteiger partial charge in [0.2, 0.25) is 0 Å². The molecule has 2 unspecified atom stereocenters. The number of nitrogens with zero attached hydrogens (tertiary/aromatic N) is 1. The van der Waals surface area contributed by atoms with Crippen LogP contribution in [0.3, 0.4) is 0 Å². The summed E-state index contributed by atoms with van der Waals surface area (Å²) < 4.78 is 2.31. The van der Waals surface area contributed by atoms with Crippen molar-refractivity contribution in [2.45, 2.75) is 44.9 Å². The minimum Gasteiger partial charge on any atom is -0.319 e. The predicted octanol–water partition coefficient (Wildman–Crippen LogP) is 4.63. The summed E-state index contributed by atoms with van der Waals surface area (Å²) in [6.45, 7) is 7.27. The number of benzene rings is 1. The summed E-state index contributed by atoms with van der Waals surface area (Å²) in [4.78, 5) is 12.0. The van der Waals surface area contributed by atoms with E-state index in [2.05, 4.69) is 49.4 Å². The number of pyridine rings is 2. The lowest BCUT2D eigenvalue weighted by Crippen LogP contribution is -2.33. The number of fused-ring (bicyclic) bond motifs is 10.